The predicted octanol–water partition coefficient (Wildman–Crippen LogP) is 5.75. The zero-order valence-corrected chi connectivity index (χ0v) is 18.2. The molecule has 31 heavy (non-hydrogen) atoms. The molecule has 0 aliphatic carbocycles. The fraction of sp³-hybridized carbons (Fsp3) is 0.185. The predicted molar refractivity (Wildman–Crippen MR) is 130 cm³/mol. The van der Waals surface area contributed by atoms with Crippen LogP contribution in [0.5, 0.6) is 0 Å². The molecule has 1 atom stereocenters. The highest BCUT2D eigenvalue weighted by atomic mass is 16.4. The molecule has 0 radical (unpaired) electrons. The Bertz CT molecular complexity index is 825. The van der Waals surface area contributed by atoms with E-state index in [4.69, 9.17) is 5.11 Å². The molecule has 0 aliphatic heterocycles. The molecule has 0 saturated carbocycles. The van der Waals surface area contributed by atoms with Gasteiger partial charge in [0.1, 0.15) is 0 Å². The summed E-state index contributed by atoms with van der Waals surface area (Å²) in [6.45, 7) is 3.34. The maximum absolute atomic E-state index is 11.0. The molecule has 0 saturated heterocycles. The number of Topliss-reactive ketones (excluding diaryl/α,β-unsaturated/α-hetero) is 1. The highest BCUT2D eigenvalue weighted by Gasteiger charge is 2.06. The number of aliphatic carboxylic acids is 1. The van der Waals surface area contributed by atoms with E-state index >= 15 is 0 Å². The van der Waals surface area contributed by atoms with E-state index in [1.807, 2.05) is 97.2 Å². The van der Waals surface area contributed by atoms with Crippen molar-refractivity contribution in [3.8, 4) is 0 Å². The summed E-state index contributed by atoms with van der Waals surface area (Å²) in [4.78, 5) is 21.4. The topological polar surface area (TPSA) is 74.6 Å². The normalized spacial score (nSPS) is 15.1. The first-order valence-electron chi connectivity index (χ1n) is 10.0. The Kier molecular flexibility index (Phi) is 17.6. The summed E-state index contributed by atoms with van der Waals surface area (Å²) in [5, 5.41) is 17.9. The van der Waals surface area contributed by atoms with Gasteiger partial charge in [0.2, 0.25) is 0 Å². The second-order valence-electron chi connectivity index (χ2n) is 6.40. The third-order valence-electron chi connectivity index (χ3n) is 3.63. The molecule has 164 valence electrons. The van der Waals surface area contributed by atoms with Crippen molar-refractivity contribution in [3.05, 3.63) is 121 Å². The lowest BCUT2D eigenvalue weighted by molar-refractivity contribution is -0.139. The first kappa shape index (κ1) is 27.5. The van der Waals surface area contributed by atoms with E-state index < -0.39 is 12.1 Å². The van der Waals surface area contributed by atoms with Crippen molar-refractivity contribution < 1.29 is 19.8 Å². The van der Waals surface area contributed by atoms with Crippen molar-refractivity contribution in [2.45, 2.75) is 32.8 Å². The van der Waals surface area contributed by atoms with Crippen LogP contribution in [0.15, 0.2) is 121 Å². The van der Waals surface area contributed by atoms with Crippen LogP contribution in [0, 0.1) is 0 Å². The number of rotatable bonds is 14. The molecule has 4 nitrogen and oxygen atoms in total. The lowest BCUT2D eigenvalue weighted by Crippen LogP contribution is -2.11. The quantitative estimate of drug-likeness (QED) is 0.277. The monoisotopic (exact) mass is 420 g/mol. The minimum atomic E-state index is -1.00. The van der Waals surface area contributed by atoms with Gasteiger partial charge in [0.05, 0.1) is 12.5 Å². The van der Waals surface area contributed by atoms with Crippen molar-refractivity contribution in [2.24, 2.45) is 0 Å². The summed E-state index contributed by atoms with van der Waals surface area (Å²) in [6, 6.07) is 0. The van der Waals surface area contributed by atoms with Crippen molar-refractivity contribution >= 4 is 11.8 Å². The molecule has 0 rings (SSSR count). The Morgan fingerprint density at radius 1 is 0.645 bits per heavy atom. The molecule has 2 N–H and O–H groups in total. The lowest BCUT2D eigenvalue weighted by Gasteiger charge is -2.01. The van der Waals surface area contributed by atoms with Gasteiger partial charge in [-0.1, -0.05) is 115 Å². The van der Waals surface area contributed by atoms with Crippen LogP contribution in [0.4, 0.5) is 0 Å². The minimum Gasteiger partial charge on any atom is -0.481 e. The molecule has 0 aromatic carbocycles. The Balaban J connectivity index is 4.02. The number of carbonyl (C=O) groups is 2. The second kappa shape index (κ2) is 19.8. The zero-order chi connectivity index (χ0) is 23.2. The Labute approximate surface area is 185 Å². The molecular weight excluding hydrogens is 388 g/mol. The van der Waals surface area contributed by atoms with Crippen LogP contribution in [0.1, 0.15) is 26.7 Å². The van der Waals surface area contributed by atoms with Crippen LogP contribution in [0.25, 0.3) is 0 Å². The fourth-order valence-electron chi connectivity index (χ4n) is 1.88. The highest BCUT2D eigenvalue weighted by molar-refractivity contribution is 5.92. The van der Waals surface area contributed by atoms with E-state index in [9.17, 15) is 14.7 Å². The number of carboxylic acid groups (broad SMARTS) is 1. The summed E-state index contributed by atoms with van der Waals surface area (Å²) in [7, 11) is 0. The average molecular weight is 421 g/mol. The molecule has 0 aromatic rings. The SMILES string of the molecule is CC(=O)/C(C)=C/C=C/C=C\C=C\C=C\C=C\C=C\C=C\C=C/C=C/CC(O)CC(=O)O. The number of hydrogen-bond acceptors (Lipinski definition) is 3. The molecule has 0 bridgehead atoms. The zero-order valence-electron chi connectivity index (χ0n) is 18.2. The van der Waals surface area contributed by atoms with Gasteiger partial charge in [0.25, 0.3) is 0 Å². The van der Waals surface area contributed by atoms with Gasteiger partial charge in [-0.2, -0.15) is 0 Å². The maximum atomic E-state index is 11.0. The number of ketones is 1. The maximum Gasteiger partial charge on any atom is 0.305 e. The smallest absolute Gasteiger partial charge is 0.305 e. The number of allylic oxidation sites excluding steroid dienone is 19. The number of aliphatic hydroxyl groups is 1. The van der Waals surface area contributed by atoms with Crippen LogP contribution in [-0.4, -0.2) is 28.1 Å². The molecule has 4 heteroatoms. The molecule has 0 aliphatic rings. The van der Waals surface area contributed by atoms with Gasteiger partial charge < -0.3 is 10.2 Å². The first-order valence-corrected chi connectivity index (χ1v) is 10.0. The molecule has 0 spiro atoms. The molecule has 0 heterocycles. The third-order valence-corrected chi connectivity index (χ3v) is 3.63. The molecule has 1 unspecified atom stereocenters. The average Bonchev–Trinajstić information content (AvgIpc) is 2.71. The summed E-state index contributed by atoms with van der Waals surface area (Å²) >= 11 is 0. The number of hydrogen-bond donors (Lipinski definition) is 2. The van der Waals surface area contributed by atoms with E-state index in [0.29, 0.717) is 6.42 Å². The number of aliphatic hydroxyl groups excluding tert-OH is 1. The summed E-state index contributed by atoms with van der Waals surface area (Å²) < 4.78 is 0. The van der Waals surface area contributed by atoms with Crippen molar-refractivity contribution in [1.82, 2.24) is 0 Å². The van der Waals surface area contributed by atoms with Gasteiger partial charge >= 0.3 is 5.97 Å². The van der Waals surface area contributed by atoms with Gasteiger partial charge in [-0.3, -0.25) is 9.59 Å². The van der Waals surface area contributed by atoms with Gasteiger partial charge in [0, 0.05) is 0 Å². The van der Waals surface area contributed by atoms with E-state index in [2.05, 4.69) is 0 Å². The van der Waals surface area contributed by atoms with Crippen LogP contribution < -0.4 is 0 Å². The first-order chi connectivity index (χ1) is 14.9. The van der Waals surface area contributed by atoms with E-state index in [1.165, 1.54) is 0 Å². The van der Waals surface area contributed by atoms with Crippen LogP contribution >= 0.6 is 0 Å². The molecule has 0 amide bonds. The second-order valence-corrected chi connectivity index (χ2v) is 6.40. The van der Waals surface area contributed by atoms with Gasteiger partial charge in [-0.25, -0.2) is 0 Å². The fourth-order valence-corrected chi connectivity index (χ4v) is 1.88. The van der Waals surface area contributed by atoms with Crippen molar-refractivity contribution in [2.75, 3.05) is 0 Å². The van der Waals surface area contributed by atoms with Crippen LogP contribution in [0.3, 0.4) is 0 Å². The Morgan fingerprint density at radius 2 is 1.00 bits per heavy atom. The largest absolute Gasteiger partial charge is 0.481 e. The van der Waals surface area contributed by atoms with Crippen LogP contribution in [-0.2, 0) is 9.59 Å². The van der Waals surface area contributed by atoms with Gasteiger partial charge in [-0.05, 0) is 25.8 Å². The highest BCUT2D eigenvalue weighted by Crippen LogP contribution is 1.99. The molecule has 0 fully saturated rings. The van der Waals surface area contributed by atoms with E-state index in [1.54, 1.807) is 32.1 Å². The number of carbonyl (C=O) groups excluding carboxylic acids is 1. The Hall–Kier alpha value is -3.50. The minimum absolute atomic E-state index is 0.0763. The van der Waals surface area contributed by atoms with Gasteiger partial charge in [0.15, 0.2) is 5.78 Å². The third kappa shape index (κ3) is 21.0. The van der Waals surface area contributed by atoms with Crippen molar-refractivity contribution in [1.29, 1.82) is 0 Å². The lowest BCUT2D eigenvalue weighted by atomic mass is 10.2. The van der Waals surface area contributed by atoms with Crippen molar-refractivity contribution in [3.63, 3.8) is 0 Å². The summed E-state index contributed by atoms with van der Waals surface area (Å²) in [5.74, 6) is -0.924. The summed E-state index contributed by atoms with van der Waals surface area (Å²) in [5.41, 5.74) is 0.733. The van der Waals surface area contributed by atoms with E-state index in [0.717, 1.165) is 5.57 Å². The summed E-state index contributed by atoms with van der Waals surface area (Å²) in [6.07, 6.45) is 34.8. The Morgan fingerprint density at radius 3 is 1.35 bits per heavy atom. The van der Waals surface area contributed by atoms with Crippen LogP contribution in [0.2, 0.25) is 0 Å². The van der Waals surface area contributed by atoms with E-state index in [-0.39, 0.29) is 12.2 Å². The standard InChI is InChI=1S/C27H32O4/c1-24(25(2)28)21-19-17-15-13-11-9-7-5-3-4-6-8-10-12-14-16-18-20-22-26(29)23-27(30)31/h3-21,26,29H,22-23H2,1-2H3,(H,30,31)/b4-3+,7-5+,8-6+,11-9+,12-10+,15-13-,16-14-,19-17+,20-18+,24-21+. The number of carboxylic acids is 1. The van der Waals surface area contributed by atoms with Gasteiger partial charge in [-0.15, -0.1) is 0 Å². The molecule has 0 aromatic heterocycles. The molecular formula is C27H32O4.